The normalized spacial score (nSPS) is 13.2. The lowest BCUT2D eigenvalue weighted by Crippen LogP contribution is -2.71. The Labute approximate surface area is 762 Å². The first-order chi connectivity index (χ1) is 63.1. The Morgan fingerprint density at radius 2 is 0.733 bits per heavy atom. The molecule has 666 valence electrons. The number of para-hydroxylation sites is 4. The Kier molecular flexibility index (Phi) is 31.2. The van der Waals surface area contributed by atoms with E-state index in [9.17, 15) is 0 Å². The minimum Gasteiger partial charge on any atom is -0.467 e. The summed E-state index contributed by atoms with van der Waals surface area (Å²) in [4.78, 5) is 66.4. The third-order valence-electron chi connectivity index (χ3n) is 20.2. The van der Waals surface area contributed by atoms with E-state index >= 15 is 0 Å². The predicted molar refractivity (Wildman–Crippen MR) is 511 cm³/mol. The topological polar surface area (TPSA) is 363 Å². The third kappa shape index (κ3) is 23.6. The summed E-state index contributed by atoms with van der Waals surface area (Å²) >= 11 is 0. The average Bonchev–Trinajstić information content (AvgIpc) is 0.683. The Morgan fingerprint density at radius 3 is 1.19 bits per heavy atom. The van der Waals surface area contributed by atoms with Crippen LogP contribution in [0.15, 0.2) is 293 Å². The molecule has 0 amide bonds. The van der Waals surface area contributed by atoms with Crippen LogP contribution in [-0.2, 0) is 6.42 Å². The zero-order valence-electron chi connectivity index (χ0n) is 77.7. The molecule has 3 aliphatic heterocycles. The highest BCUT2D eigenvalue weighted by Gasteiger charge is 2.72. The monoisotopic (exact) mass is 1750 g/mol. The van der Waals surface area contributed by atoms with Gasteiger partial charge in [-0.1, -0.05) is 91.0 Å². The van der Waals surface area contributed by atoms with Crippen LogP contribution in [0.25, 0.3) is 0 Å². The number of hydrogen-bond acceptors (Lipinski definition) is 34. The van der Waals surface area contributed by atoms with Crippen LogP contribution in [0.2, 0.25) is 0 Å². The van der Waals surface area contributed by atoms with Gasteiger partial charge in [-0.05, 0) is 173 Å². The lowest BCUT2D eigenvalue weighted by atomic mass is 9.96. The first kappa shape index (κ1) is 93.7. The Bertz CT molecular complexity index is 6220. The quantitative estimate of drug-likeness (QED) is 0.0569. The second-order valence-corrected chi connectivity index (χ2v) is 31.2. The molecule has 8 heterocycles. The molecule has 0 saturated heterocycles. The van der Waals surface area contributed by atoms with Crippen LogP contribution in [0.5, 0.6) is 12.0 Å². The molecular weight excluding hydrogens is 1650 g/mol. The van der Waals surface area contributed by atoms with Crippen molar-refractivity contribution in [3.05, 3.63) is 288 Å². The highest BCUT2D eigenvalue weighted by Crippen LogP contribution is 2.54. The molecule has 1 atom stereocenters. The minimum atomic E-state index is -0.875. The number of ether oxygens (including phenoxy) is 2. The van der Waals surface area contributed by atoms with Crippen LogP contribution < -0.4 is 43.8 Å². The van der Waals surface area contributed by atoms with Gasteiger partial charge in [0.2, 0.25) is 11.4 Å². The summed E-state index contributed by atoms with van der Waals surface area (Å²) in [7, 11) is 26.9. The highest BCUT2D eigenvalue weighted by molar-refractivity contribution is 5.78. The summed E-state index contributed by atoms with van der Waals surface area (Å²) in [5.41, 5.74) is 24.5. The van der Waals surface area contributed by atoms with Gasteiger partial charge in [-0.2, -0.15) is 29.9 Å². The van der Waals surface area contributed by atoms with E-state index in [1.54, 1.807) is 30.7 Å². The number of azo groups is 9. The smallest absolute Gasteiger partial charge is 0.467 e. The van der Waals surface area contributed by atoms with Crippen LogP contribution in [-0.4, -0.2) is 179 Å². The highest BCUT2D eigenvalue weighted by atomic mass is 16.5. The van der Waals surface area contributed by atoms with Gasteiger partial charge in [0.15, 0.2) is 17.2 Å². The Balaban J connectivity index is 0.000000145. The molecule has 1 spiro atoms. The van der Waals surface area contributed by atoms with Crippen molar-refractivity contribution >= 4 is 121 Å². The average molecular weight is 1760 g/mol. The molecule has 0 fully saturated rings. The number of rotatable bonds is 18. The first-order valence-electron chi connectivity index (χ1n) is 41.6. The zero-order valence-corrected chi connectivity index (χ0v) is 77.7. The van der Waals surface area contributed by atoms with Crippen molar-refractivity contribution in [2.45, 2.75) is 67.7 Å². The van der Waals surface area contributed by atoms with E-state index in [2.05, 4.69) is 247 Å². The van der Waals surface area contributed by atoms with Crippen molar-refractivity contribution in [3.8, 4) is 12.0 Å². The number of benzene rings is 9. The Hall–Kier alpha value is -16.4. The number of nitrogens with zero attached hydrogens (tertiary/aromatic N) is 34. The maximum absolute atomic E-state index is 5.34. The SMILES string of the molecule is COc1nc(N=Nc2cc(C)ccc2N(C)C)nc(OC)n1.Cc1ccc(N(C)C)c(N=Nc2ccncn2)c1.Cc1ccc(N(C)C)c(N=Nc2nc(C)nc(C)n2)c1.Cc1ccc(N(C)C)c(N=Nc2ncccn2)c1.Cc1ccc(N(C)C)c(N=Nc2ncncn2)c1.Cc1cccc2c1N(C)C13N(C)c4c(cccc4N=[N+]1c1ccccc1)Cc1ccccc1[N+]3=N2. The van der Waals surface area contributed by atoms with Crippen molar-refractivity contribution in [1.82, 2.24) is 64.8 Å². The number of methoxy groups -OCH3 is 2. The van der Waals surface area contributed by atoms with Crippen molar-refractivity contribution in [3.63, 3.8) is 0 Å². The maximum Gasteiger partial charge on any atom is 0.590 e. The lowest BCUT2D eigenvalue weighted by Gasteiger charge is -2.43. The molecule has 2 bridgehead atoms. The van der Waals surface area contributed by atoms with Gasteiger partial charge in [0.1, 0.15) is 59.1 Å². The van der Waals surface area contributed by atoms with Crippen LogP contribution in [0.3, 0.4) is 0 Å². The van der Waals surface area contributed by atoms with E-state index in [1.807, 2.05) is 234 Å². The van der Waals surface area contributed by atoms with Crippen LogP contribution in [0.4, 0.5) is 121 Å². The van der Waals surface area contributed by atoms with Crippen LogP contribution in [0.1, 0.15) is 56.2 Å². The van der Waals surface area contributed by atoms with E-state index in [0.29, 0.717) is 35.3 Å². The van der Waals surface area contributed by atoms with E-state index in [0.717, 1.165) is 125 Å². The van der Waals surface area contributed by atoms with Gasteiger partial charge in [0.05, 0.1) is 54.0 Å². The van der Waals surface area contributed by atoms with Crippen LogP contribution in [0, 0.1) is 55.4 Å². The summed E-state index contributed by atoms with van der Waals surface area (Å²) in [5, 5.41) is 52.1. The van der Waals surface area contributed by atoms with Gasteiger partial charge in [0, 0.05) is 159 Å². The molecule has 14 aromatic rings. The minimum absolute atomic E-state index is 0.120. The molecule has 36 heteroatoms. The summed E-state index contributed by atoms with van der Waals surface area (Å²) in [6.45, 7) is 15.9. The lowest BCUT2D eigenvalue weighted by molar-refractivity contribution is -0.815. The third-order valence-corrected chi connectivity index (χ3v) is 20.2. The molecule has 0 radical (unpaired) electrons. The molecule has 5 aromatic heterocycles. The summed E-state index contributed by atoms with van der Waals surface area (Å²) < 4.78 is 14.2. The number of anilines is 7. The molecule has 0 saturated carbocycles. The van der Waals surface area contributed by atoms with Gasteiger partial charge >= 0.3 is 17.9 Å². The maximum atomic E-state index is 5.34. The molecule has 36 nitrogen and oxygen atoms in total. The van der Waals surface area contributed by atoms with Crippen molar-refractivity contribution in [2.75, 3.05) is 133 Å². The van der Waals surface area contributed by atoms with Crippen molar-refractivity contribution in [2.24, 2.45) is 61.4 Å². The van der Waals surface area contributed by atoms with Gasteiger partial charge in [-0.25, -0.2) is 39.7 Å². The molecule has 131 heavy (non-hydrogen) atoms. The fourth-order valence-corrected chi connectivity index (χ4v) is 14.1. The summed E-state index contributed by atoms with van der Waals surface area (Å²) in [6, 6.07) is 65.7. The van der Waals surface area contributed by atoms with Crippen LogP contribution >= 0.6 is 0 Å². The molecule has 9 aromatic carbocycles. The molecule has 0 N–H and O–H groups in total. The number of fused-ring (bicyclic) bond motifs is 3. The molecular formula is C95H106N34O2+2. The van der Waals surface area contributed by atoms with Gasteiger partial charge in [-0.3, -0.25) is 0 Å². The van der Waals surface area contributed by atoms with Gasteiger partial charge in [0.25, 0.3) is 23.8 Å². The second-order valence-electron chi connectivity index (χ2n) is 31.2. The number of aromatic nitrogens is 13. The van der Waals surface area contributed by atoms with Gasteiger partial charge in [-0.15, -0.1) is 56.1 Å². The molecule has 0 aliphatic carbocycles. The van der Waals surface area contributed by atoms with E-state index in [-0.39, 0.29) is 18.0 Å². The number of aryl methyl sites for hydroxylation is 8. The molecule has 3 aliphatic rings. The largest absolute Gasteiger partial charge is 0.590 e. The molecule has 1 unspecified atom stereocenters. The van der Waals surface area contributed by atoms with Crippen molar-refractivity contribution in [1.29, 1.82) is 0 Å². The summed E-state index contributed by atoms with van der Waals surface area (Å²) in [5.74, 6) is 2.08. The van der Waals surface area contributed by atoms with E-state index in [1.165, 1.54) is 49.9 Å². The van der Waals surface area contributed by atoms with Crippen molar-refractivity contribution < 1.29 is 18.9 Å². The van der Waals surface area contributed by atoms with E-state index < -0.39 is 5.91 Å². The fraction of sp³-hybridized carbons (Fsp3) is 0.253. The zero-order chi connectivity index (χ0) is 93.4. The standard InChI is InChI=1S/C29H26N6.C14H18N6O2.C14H18N6.2C13H15N5.C12H14N6/c1-20-11-9-16-24-27(20)32(2)29-33(3)28-22(19-21-12-7-8-18-26(21)35(29)31-24)13-10-17-25(28)30-34(29)23-14-5-4-6-15-23;1-9-6-7-11(20(2)3)10(8-9)18-19-12-15-13(21-4)17-14(16-12)22-5;1-9-6-7-13(20(4)5)12(8-9)18-19-14-16-10(2)15-11(3)17-14;1-10-5-6-12(18(2)3)11(9-10)16-17-13-14-7-4-8-15-13;1-10-4-5-12(18(2)3)11(8-10)16-17-13-6-7-14-9-15-13;1-9-4-5-11(18(2)3)10(6-9)16-17-12-14-7-13-8-15-12/h4-18H,19H2,1-3H3;6-8H,1-5H3;6-8H,1-5H3;2*4-9H,1-3H3;4-8H,1-3H3/q+2;;;;;. The van der Waals surface area contributed by atoms with E-state index in [4.69, 9.17) is 19.7 Å². The summed E-state index contributed by atoms with van der Waals surface area (Å²) in [6.07, 6.45) is 9.99. The Morgan fingerprint density at radius 1 is 0.336 bits per heavy atom. The first-order valence-corrected chi connectivity index (χ1v) is 41.6. The van der Waals surface area contributed by atoms with Gasteiger partial charge < -0.3 is 34.0 Å². The fourth-order valence-electron chi connectivity index (χ4n) is 14.1. The second kappa shape index (κ2) is 43.7. The number of hydrogen-bond donors (Lipinski definition) is 0. The molecule has 17 rings (SSSR count). The predicted octanol–water partition coefficient (Wildman–Crippen LogP) is 22.1.